The average Bonchev–Trinajstić information content (AvgIpc) is 3.59. The summed E-state index contributed by atoms with van der Waals surface area (Å²) < 4.78 is 12.8. The zero-order valence-electron chi connectivity index (χ0n) is 22.9. The third-order valence-electron chi connectivity index (χ3n) is 8.16. The fraction of sp³-hybridized carbons (Fsp3) is 0.448. The van der Waals surface area contributed by atoms with Crippen molar-refractivity contribution in [2.45, 2.75) is 39.2 Å². The van der Waals surface area contributed by atoms with Crippen LogP contribution in [0.3, 0.4) is 0 Å². The summed E-state index contributed by atoms with van der Waals surface area (Å²) in [5.74, 6) is 2.11. The van der Waals surface area contributed by atoms with Crippen molar-refractivity contribution < 1.29 is 14.3 Å². The van der Waals surface area contributed by atoms with Crippen LogP contribution in [0, 0.1) is 6.92 Å². The maximum Gasteiger partial charge on any atom is 0.321 e. The number of likely N-dealkylation sites (tertiary alicyclic amines) is 1. The van der Waals surface area contributed by atoms with Gasteiger partial charge in [0.25, 0.3) is 0 Å². The second-order valence-electron chi connectivity index (χ2n) is 10.7. The zero-order valence-corrected chi connectivity index (χ0v) is 22.9. The predicted octanol–water partition coefficient (Wildman–Crippen LogP) is 3.34. The molecule has 2 saturated heterocycles. The van der Waals surface area contributed by atoms with Gasteiger partial charge in [-0.15, -0.1) is 0 Å². The van der Waals surface area contributed by atoms with Crippen LogP contribution in [0.25, 0.3) is 16.7 Å². The minimum Gasteiger partial charge on any atom is -0.462 e. The first kappa shape index (κ1) is 25.4. The molecule has 1 amide bonds. The van der Waals surface area contributed by atoms with Crippen molar-refractivity contribution in [1.29, 1.82) is 0 Å². The van der Waals surface area contributed by atoms with Crippen LogP contribution in [0.5, 0.6) is 11.9 Å². The van der Waals surface area contributed by atoms with Gasteiger partial charge in [-0.2, -0.15) is 15.1 Å². The van der Waals surface area contributed by atoms with Gasteiger partial charge in [-0.1, -0.05) is 12.6 Å². The van der Waals surface area contributed by atoms with Gasteiger partial charge in [0, 0.05) is 49.6 Å². The van der Waals surface area contributed by atoms with Crippen LogP contribution >= 0.6 is 0 Å². The summed E-state index contributed by atoms with van der Waals surface area (Å²) in [5, 5.41) is 8.34. The Labute approximate surface area is 228 Å². The molecule has 5 heterocycles. The van der Waals surface area contributed by atoms with Crippen LogP contribution in [0.2, 0.25) is 0 Å². The van der Waals surface area contributed by atoms with E-state index in [1.807, 2.05) is 17.2 Å². The molecule has 3 aliphatic rings. The summed E-state index contributed by atoms with van der Waals surface area (Å²) in [7, 11) is 2.13. The lowest BCUT2D eigenvalue weighted by atomic mass is 9.95. The van der Waals surface area contributed by atoms with E-state index in [9.17, 15) is 4.79 Å². The van der Waals surface area contributed by atoms with E-state index in [2.05, 4.69) is 53.5 Å². The van der Waals surface area contributed by atoms with E-state index in [1.165, 1.54) is 12.5 Å². The highest BCUT2D eigenvalue weighted by Gasteiger charge is 2.31. The van der Waals surface area contributed by atoms with Gasteiger partial charge in [0.05, 0.1) is 17.3 Å². The molecule has 10 heteroatoms. The second-order valence-corrected chi connectivity index (χ2v) is 10.7. The fourth-order valence-electron chi connectivity index (χ4n) is 5.85. The second kappa shape index (κ2) is 10.3. The van der Waals surface area contributed by atoms with Crippen molar-refractivity contribution in [3.8, 4) is 11.9 Å². The maximum absolute atomic E-state index is 12.2. The summed E-state index contributed by atoms with van der Waals surface area (Å²) in [6.07, 6.45) is 6.15. The lowest BCUT2D eigenvalue weighted by Crippen LogP contribution is -2.49. The van der Waals surface area contributed by atoms with Gasteiger partial charge < -0.3 is 24.2 Å². The first-order valence-corrected chi connectivity index (χ1v) is 13.6. The smallest absolute Gasteiger partial charge is 0.321 e. The Kier molecular flexibility index (Phi) is 6.72. The molecule has 204 valence electrons. The van der Waals surface area contributed by atoms with Gasteiger partial charge in [0.2, 0.25) is 11.8 Å². The predicted molar refractivity (Wildman–Crippen MR) is 150 cm³/mol. The number of nitrogens with zero attached hydrogens (tertiary/aromatic N) is 6. The highest BCUT2D eigenvalue weighted by molar-refractivity contribution is 5.93. The van der Waals surface area contributed by atoms with E-state index in [1.54, 1.807) is 0 Å². The SMILES string of the molecule is C=CC(=O)N1CCN(c2nc(OCC3CCCN3C)nc3c2CC(C)=C(c2c(C)ccc4[nH]ncc24)O3)CC1. The van der Waals surface area contributed by atoms with Crippen molar-refractivity contribution in [2.24, 2.45) is 0 Å². The van der Waals surface area contributed by atoms with Crippen molar-refractivity contribution in [1.82, 2.24) is 30.0 Å². The topological polar surface area (TPSA) is 99.7 Å². The van der Waals surface area contributed by atoms with Crippen molar-refractivity contribution in [3.05, 3.63) is 53.2 Å². The first-order chi connectivity index (χ1) is 18.9. The summed E-state index contributed by atoms with van der Waals surface area (Å²) in [6, 6.07) is 4.79. The number of rotatable bonds is 6. The number of hydrogen-bond donors (Lipinski definition) is 1. The summed E-state index contributed by atoms with van der Waals surface area (Å²) in [5.41, 5.74) is 5.15. The number of H-pyrrole nitrogens is 1. The Morgan fingerprint density at radius 3 is 2.77 bits per heavy atom. The summed E-state index contributed by atoms with van der Waals surface area (Å²) in [4.78, 5) is 28.2. The number of aromatic amines is 1. The molecule has 0 saturated carbocycles. The van der Waals surface area contributed by atoms with Crippen molar-refractivity contribution in [3.63, 3.8) is 0 Å². The molecule has 0 radical (unpaired) electrons. The number of likely N-dealkylation sites (N-methyl/N-ethyl adjacent to an activating group) is 1. The molecule has 0 spiro atoms. The van der Waals surface area contributed by atoms with E-state index >= 15 is 0 Å². The number of fused-ring (bicyclic) bond motifs is 2. The fourth-order valence-corrected chi connectivity index (χ4v) is 5.85. The summed E-state index contributed by atoms with van der Waals surface area (Å²) >= 11 is 0. The zero-order chi connectivity index (χ0) is 27.1. The molecule has 0 bridgehead atoms. The number of nitrogens with one attached hydrogen (secondary N) is 1. The molecule has 39 heavy (non-hydrogen) atoms. The van der Waals surface area contributed by atoms with Crippen LogP contribution in [0.4, 0.5) is 5.82 Å². The first-order valence-electron chi connectivity index (χ1n) is 13.6. The molecule has 2 aromatic heterocycles. The van der Waals surface area contributed by atoms with Gasteiger partial charge in [-0.25, -0.2) is 0 Å². The van der Waals surface area contributed by atoms with E-state index in [4.69, 9.17) is 19.4 Å². The Balaban J connectivity index is 1.35. The van der Waals surface area contributed by atoms with Crippen molar-refractivity contribution in [2.75, 3.05) is 51.3 Å². The van der Waals surface area contributed by atoms with E-state index < -0.39 is 0 Å². The van der Waals surface area contributed by atoms with Gasteiger partial charge in [-0.3, -0.25) is 9.89 Å². The molecular formula is C29H35N7O3. The minimum atomic E-state index is -0.0420. The van der Waals surface area contributed by atoms with Crippen LogP contribution in [0.15, 0.2) is 36.6 Å². The average molecular weight is 530 g/mol. The lowest BCUT2D eigenvalue weighted by Gasteiger charge is -2.36. The molecule has 1 unspecified atom stereocenters. The molecule has 1 N–H and O–H groups in total. The number of aromatic nitrogens is 4. The third kappa shape index (κ3) is 4.73. The van der Waals surface area contributed by atoms with Crippen LogP contribution in [-0.4, -0.2) is 88.3 Å². The van der Waals surface area contributed by atoms with Crippen molar-refractivity contribution >= 4 is 28.4 Å². The number of allylic oxidation sites excluding steroid dienone is 1. The number of ether oxygens (including phenoxy) is 2. The van der Waals surface area contributed by atoms with Crippen LogP contribution in [0.1, 0.15) is 36.5 Å². The largest absolute Gasteiger partial charge is 0.462 e. The van der Waals surface area contributed by atoms with Gasteiger partial charge in [0.15, 0.2) is 0 Å². The number of carbonyl (C=O) groups excluding carboxylic acids is 1. The monoisotopic (exact) mass is 529 g/mol. The van der Waals surface area contributed by atoms with E-state index in [0.29, 0.717) is 57.1 Å². The number of benzene rings is 1. The molecule has 0 aliphatic carbocycles. The lowest BCUT2D eigenvalue weighted by molar-refractivity contribution is -0.126. The third-order valence-corrected chi connectivity index (χ3v) is 8.16. The standard InChI is InChI=1S/C29H35N7O3/c1-5-24(37)35-11-13-36(14-12-35)27-21-15-19(3)26(25-18(2)8-9-23-22(25)16-30-33-23)39-28(21)32-29(31-27)38-17-20-7-6-10-34(20)4/h5,8-9,16,20H,1,6-7,10-15,17H2,2-4H3,(H,30,33). The highest BCUT2D eigenvalue weighted by Crippen LogP contribution is 2.41. The van der Waals surface area contributed by atoms with Crippen LogP contribution < -0.4 is 14.4 Å². The van der Waals surface area contributed by atoms with Gasteiger partial charge in [-0.05, 0) is 63.6 Å². The van der Waals surface area contributed by atoms with E-state index in [0.717, 1.165) is 57.7 Å². The number of amides is 1. The van der Waals surface area contributed by atoms with Crippen LogP contribution in [-0.2, 0) is 11.2 Å². The number of anilines is 1. The highest BCUT2D eigenvalue weighted by atomic mass is 16.5. The normalized spacial score (nSPS) is 19.8. The molecule has 10 nitrogen and oxygen atoms in total. The summed E-state index contributed by atoms with van der Waals surface area (Å²) in [6.45, 7) is 12.0. The molecule has 1 aromatic carbocycles. The Morgan fingerprint density at radius 2 is 2.03 bits per heavy atom. The van der Waals surface area contributed by atoms with E-state index in [-0.39, 0.29) is 5.91 Å². The molecule has 2 fully saturated rings. The number of aryl methyl sites for hydroxylation is 1. The Bertz CT molecular complexity index is 1450. The van der Waals surface area contributed by atoms with Gasteiger partial charge >= 0.3 is 6.01 Å². The number of piperazine rings is 1. The quantitative estimate of drug-likeness (QED) is 0.486. The Hall–Kier alpha value is -3.92. The molecule has 3 aliphatic heterocycles. The minimum absolute atomic E-state index is 0.0420. The Morgan fingerprint density at radius 1 is 1.21 bits per heavy atom. The molecule has 3 aromatic rings. The molecule has 6 rings (SSSR count). The van der Waals surface area contributed by atoms with Gasteiger partial charge in [0.1, 0.15) is 18.2 Å². The number of carbonyl (C=O) groups is 1. The maximum atomic E-state index is 12.2. The molecule has 1 atom stereocenters. The molecular weight excluding hydrogens is 494 g/mol. The number of hydrogen-bond acceptors (Lipinski definition) is 8.